The molecular formula is C17H25IN4OS. The zero-order chi connectivity index (χ0) is 16.7. The molecule has 0 fully saturated rings. The first-order valence-electron chi connectivity index (χ1n) is 7.69. The summed E-state index contributed by atoms with van der Waals surface area (Å²) in [6, 6.07) is 4.16. The Hall–Kier alpha value is -1.35. The summed E-state index contributed by atoms with van der Waals surface area (Å²) in [7, 11) is 1.69. The fourth-order valence-corrected chi connectivity index (χ4v) is 2.95. The second-order valence-electron chi connectivity index (χ2n) is 5.17. The van der Waals surface area contributed by atoms with Gasteiger partial charge in [-0.05, 0) is 32.2 Å². The highest BCUT2D eigenvalue weighted by molar-refractivity contribution is 14.0. The fraction of sp³-hybridized carbons (Fsp3) is 0.412. The van der Waals surface area contributed by atoms with Crippen molar-refractivity contribution in [2.24, 2.45) is 4.99 Å². The van der Waals surface area contributed by atoms with Crippen LogP contribution in [-0.4, -0.2) is 24.6 Å². The number of ether oxygens (including phenoxy) is 1. The van der Waals surface area contributed by atoms with E-state index in [1.807, 2.05) is 20.0 Å². The summed E-state index contributed by atoms with van der Waals surface area (Å²) in [5, 5.41) is 8.68. The maximum absolute atomic E-state index is 5.45. The van der Waals surface area contributed by atoms with Crippen LogP contribution < -0.4 is 15.4 Å². The van der Waals surface area contributed by atoms with E-state index in [4.69, 9.17) is 4.74 Å². The lowest BCUT2D eigenvalue weighted by atomic mass is 10.1. The number of guanidine groups is 1. The summed E-state index contributed by atoms with van der Waals surface area (Å²) >= 11 is 1.73. The summed E-state index contributed by atoms with van der Waals surface area (Å²) in [4.78, 5) is 10.4. The zero-order valence-corrected chi connectivity index (χ0v) is 17.7. The van der Waals surface area contributed by atoms with Crippen molar-refractivity contribution in [3.05, 3.63) is 45.4 Å². The van der Waals surface area contributed by atoms with Crippen molar-refractivity contribution in [3.8, 4) is 5.75 Å². The molecule has 0 aliphatic heterocycles. The third kappa shape index (κ3) is 5.62. The highest BCUT2D eigenvalue weighted by Crippen LogP contribution is 2.24. The van der Waals surface area contributed by atoms with Crippen LogP contribution in [0, 0.1) is 13.8 Å². The van der Waals surface area contributed by atoms with E-state index in [9.17, 15) is 0 Å². The molecule has 0 atom stereocenters. The molecule has 0 radical (unpaired) electrons. The Morgan fingerprint density at radius 3 is 2.75 bits per heavy atom. The molecule has 5 nitrogen and oxygen atoms in total. The number of pyridine rings is 1. The third-order valence-corrected chi connectivity index (χ3v) is 4.37. The van der Waals surface area contributed by atoms with Gasteiger partial charge in [0.2, 0.25) is 0 Å². The van der Waals surface area contributed by atoms with Gasteiger partial charge in [0.05, 0.1) is 25.9 Å². The molecule has 0 saturated carbocycles. The van der Waals surface area contributed by atoms with Crippen LogP contribution in [-0.2, 0) is 13.1 Å². The lowest BCUT2D eigenvalue weighted by Gasteiger charge is -2.13. The first kappa shape index (κ1) is 20.7. The molecule has 0 aliphatic rings. The Morgan fingerprint density at radius 1 is 1.33 bits per heavy atom. The van der Waals surface area contributed by atoms with E-state index < -0.39 is 0 Å². The van der Waals surface area contributed by atoms with Crippen LogP contribution in [0.3, 0.4) is 0 Å². The van der Waals surface area contributed by atoms with Crippen LogP contribution in [0.15, 0.2) is 28.7 Å². The van der Waals surface area contributed by atoms with Crippen LogP contribution in [0.2, 0.25) is 0 Å². The van der Waals surface area contributed by atoms with Gasteiger partial charge in [0.25, 0.3) is 0 Å². The van der Waals surface area contributed by atoms with Gasteiger partial charge in [-0.15, -0.1) is 35.3 Å². The second-order valence-corrected chi connectivity index (χ2v) is 6.21. The van der Waals surface area contributed by atoms with Crippen molar-refractivity contribution in [1.29, 1.82) is 0 Å². The molecule has 0 aromatic carbocycles. The molecule has 2 rings (SSSR count). The Morgan fingerprint density at radius 2 is 2.12 bits per heavy atom. The molecule has 0 bridgehead atoms. The number of thiophene rings is 1. The number of aromatic nitrogens is 1. The van der Waals surface area contributed by atoms with Crippen LogP contribution >= 0.6 is 35.3 Å². The first-order chi connectivity index (χ1) is 11.2. The molecule has 132 valence electrons. The number of aliphatic imine (C=N–C) groups is 1. The number of halogens is 1. The molecule has 0 aliphatic carbocycles. The third-order valence-electron chi connectivity index (χ3n) is 3.49. The smallest absolute Gasteiger partial charge is 0.191 e. The largest absolute Gasteiger partial charge is 0.496 e. The summed E-state index contributed by atoms with van der Waals surface area (Å²) in [6.07, 6.45) is 1.84. The van der Waals surface area contributed by atoms with Crippen LogP contribution in [0.4, 0.5) is 0 Å². The Kier molecular flexibility index (Phi) is 9.05. The van der Waals surface area contributed by atoms with Crippen molar-refractivity contribution in [1.82, 2.24) is 15.6 Å². The van der Waals surface area contributed by atoms with Gasteiger partial charge in [0, 0.05) is 28.7 Å². The molecule has 7 heteroatoms. The highest BCUT2D eigenvalue weighted by Gasteiger charge is 2.09. The van der Waals surface area contributed by atoms with Crippen LogP contribution in [0.5, 0.6) is 5.75 Å². The maximum Gasteiger partial charge on any atom is 0.191 e. The lowest BCUT2D eigenvalue weighted by molar-refractivity contribution is 0.407. The standard InChI is InChI=1S/C17H24N4OS.HI/c1-5-18-17(20-10-14-7-6-8-23-14)21-11-15-13(3)16(22-4)12(2)9-19-15;/h6-9H,5,10-11H2,1-4H3,(H2,18,20,21);1H. The minimum absolute atomic E-state index is 0. The first-order valence-corrected chi connectivity index (χ1v) is 8.57. The topological polar surface area (TPSA) is 58.5 Å². The van der Waals surface area contributed by atoms with E-state index in [2.05, 4.69) is 45.0 Å². The molecule has 24 heavy (non-hydrogen) atoms. The number of hydrogen-bond donors (Lipinski definition) is 2. The second kappa shape index (κ2) is 10.5. The molecule has 0 spiro atoms. The van der Waals surface area contributed by atoms with Gasteiger partial charge in [0.15, 0.2) is 5.96 Å². The molecule has 2 heterocycles. The zero-order valence-electron chi connectivity index (χ0n) is 14.5. The molecule has 0 unspecified atom stereocenters. The van der Waals surface area contributed by atoms with Gasteiger partial charge in [-0.1, -0.05) is 6.07 Å². The molecule has 2 aromatic rings. The molecule has 2 aromatic heterocycles. The predicted molar refractivity (Wildman–Crippen MR) is 112 cm³/mol. The Bertz CT molecular complexity index is 659. The minimum atomic E-state index is 0. The van der Waals surface area contributed by atoms with E-state index in [0.29, 0.717) is 6.54 Å². The summed E-state index contributed by atoms with van der Waals surface area (Å²) in [5.74, 6) is 1.68. The monoisotopic (exact) mass is 460 g/mol. The summed E-state index contributed by atoms with van der Waals surface area (Å²) < 4.78 is 5.45. The summed E-state index contributed by atoms with van der Waals surface area (Å²) in [5.41, 5.74) is 3.02. The van der Waals surface area contributed by atoms with Gasteiger partial charge in [-0.3, -0.25) is 4.98 Å². The van der Waals surface area contributed by atoms with Crippen LogP contribution in [0.25, 0.3) is 0 Å². The van der Waals surface area contributed by atoms with Crippen molar-refractivity contribution in [2.45, 2.75) is 33.9 Å². The predicted octanol–water partition coefficient (Wildman–Crippen LogP) is 3.64. The van der Waals surface area contributed by atoms with E-state index in [-0.39, 0.29) is 24.0 Å². The molecular weight excluding hydrogens is 435 g/mol. The van der Waals surface area contributed by atoms with Crippen molar-refractivity contribution in [2.75, 3.05) is 13.7 Å². The normalized spacial score (nSPS) is 10.9. The van der Waals surface area contributed by atoms with Crippen molar-refractivity contribution >= 4 is 41.3 Å². The number of hydrogen-bond acceptors (Lipinski definition) is 4. The lowest BCUT2D eigenvalue weighted by Crippen LogP contribution is -2.36. The average Bonchev–Trinajstić information content (AvgIpc) is 3.05. The SMILES string of the molecule is CCNC(=NCc1ncc(C)c(OC)c1C)NCc1cccs1.I. The maximum atomic E-state index is 5.45. The van der Waals surface area contributed by atoms with E-state index in [1.165, 1.54) is 4.88 Å². The van der Waals surface area contributed by atoms with Gasteiger partial charge in [-0.25, -0.2) is 4.99 Å². The van der Waals surface area contributed by atoms with E-state index >= 15 is 0 Å². The Balaban J connectivity index is 0.00000288. The molecule has 2 N–H and O–H groups in total. The van der Waals surface area contributed by atoms with Gasteiger partial charge in [0.1, 0.15) is 5.75 Å². The van der Waals surface area contributed by atoms with Crippen molar-refractivity contribution < 1.29 is 4.74 Å². The van der Waals surface area contributed by atoms with Gasteiger partial charge >= 0.3 is 0 Å². The van der Waals surface area contributed by atoms with E-state index in [1.54, 1.807) is 18.4 Å². The van der Waals surface area contributed by atoms with Gasteiger partial charge < -0.3 is 15.4 Å². The number of nitrogens with one attached hydrogen (secondary N) is 2. The highest BCUT2D eigenvalue weighted by atomic mass is 127. The average molecular weight is 460 g/mol. The van der Waals surface area contributed by atoms with Gasteiger partial charge in [-0.2, -0.15) is 0 Å². The number of rotatable bonds is 6. The number of aryl methyl sites for hydroxylation is 1. The molecule has 0 amide bonds. The van der Waals surface area contributed by atoms with Crippen LogP contribution in [0.1, 0.15) is 28.6 Å². The number of methoxy groups -OCH3 is 1. The quantitative estimate of drug-likeness (QED) is 0.393. The summed E-state index contributed by atoms with van der Waals surface area (Å²) in [6.45, 7) is 8.18. The fourth-order valence-electron chi connectivity index (χ4n) is 2.31. The number of nitrogens with zero attached hydrogens (tertiary/aromatic N) is 2. The van der Waals surface area contributed by atoms with E-state index in [0.717, 1.165) is 41.6 Å². The minimum Gasteiger partial charge on any atom is -0.496 e. The van der Waals surface area contributed by atoms with Crippen molar-refractivity contribution in [3.63, 3.8) is 0 Å². The molecule has 0 saturated heterocycles. The Labute approximate surface area is 165 Å².